The van der Waals surface area contributed by atoms with Gasteiger partial charge in [-0.2, -0.15) is 0 Å². The van der Waals surface area contributed by atoms with Gasteiger partial charge in [-0.1, -0.05) is 90.6 Å². The van der Waals surface area contributed by atoms with E-state index < -0.39 is 5.25 Å². The summed E-state index contributed by atoms with van der Waals surface area (Å²) in [5.74, 6) is -0.0241. The van der Waals surface area contributed by atoms with Gasteiger partial charge in [0, 0.05) is 11.4 Å². The molecule has 0 fully saturated rings. The number of thioether (sulfide) groups is 2. The highest BCUT2D eigenvalue weighted by molar-refractivity contribution is 8.01. The lowest BCUT2D eigenvalue weighted by atomic mass is 9.99. The smallest absolute Gasteiger partial charge is 0.237 e. The number of rotatable bonds is 12. The van der Waals surface area contributed by atoms with Crippen molar-refractivity contribution in [2.75, 3.05) is 22.1 Å². The lowest BCUT2D eigenvalue weighted by molar-refractivity contribution is -0.119. The van der Waals surface area contributed by atoms with Gasteiger partial charge in [0.2, 0.25) is 17.7 Å². The van der Waals surface area contributed by atoms with Crippen LogP contribution < -0.4 is 16.0 Å². The Kier molecular flexibility index (Phi) is 10.5. The summed E-state index contributed by atoms with van der Waals surface area (Å²) >= 11 is 4.14. The van der Waals surface area contributed by atoms with E-state index in [0.717, 1.165) is 31.4 Å². The third-order valence-corrected chi connectivity index (χ3v) is 9.73. The fraction of sp³-hybridized carbons (Fsp3) is 0.152. The molecule has 1 heterocycles. The molecule has 0 bridgehead atoms. The first-order valence-corrected chi connectivity index (χ1v) is 16.5. The van der Waals surface area contributed by atoms with Gasteiger partial charge in [-0.05, 0) is 48.4 Å². The minimum Gasteiger partial charge on any atom is -0.344 e. The molecule has 0 saturated heterocycles. The number of thiazole rings is 1. The molecule has 5 rings (SSSR count). The fourth-order valence-electron chi connectivity index (χ4n) is 4.26. The first-order chi connectivity index (χ1) is 20.9. The Hall–Kier alpha value is -4.12. The van der Waals surface area contributed by atoms with Crippen molar-refractivity contribution in [3.05, 3.63) is 120 Å². The number of aromatic nitrogens is 1. The highest BCUT2D eigenvalue weighted by Crippen LogP contribution is 2.32. The lowest BCUT2D eigenvalue weighted by Gasteiger charge is -2.19. The van der Waals surface area contributed by atoms with Gasteiger partial charge < -0.3 is 16.0 Å². The summed E-state index contributed by atoms with van der Waals surface area (Å²) in [6.45, 7) is 1.78. The minimum absolute atomic E-state index is 0.0844. The second kappa shape index (κ2) is 14.9. The third kappa shape index (κ3) is 8.70. The molecule has 0 radical (unpaired) electrons. The Morgan fingerprint density at radius 1 is 0.744 bits per heavy atom. The van der Waals surface area contributed by atoms with Crippen LogP contribution in [0.2, 0.25) is 0 Å². The maximum atomic E-state index is 13.0. The van der Waals surface area contributed by atoms with Gasteiger partial charge in [0.15, 0.2) is 4.34 Å². The molecule has 10 heteroatoms. The Morgan fingerprint density at radius 2 is 1.37 bits per heavy atom. The molecule has 0 unspecified atom stereocenters. The van der Waals surface area contributed by atoms with Crippen LogP contribution in [0.25, 0.3) is 10.2 Å². The molecule has 1 atom stereocenters. The topological polar surface area (TPSA) is 100 Å². The first kappa shape index (κ1) is 30.3. The quantitative estimate of drug-likeness (QED) is 0.129. The van der Waals surface area contributed by atoms with Crippen LogP contribution in [0.15, 0.2) is 114 Å². The highest BCUT2D eigenvalue weighted by atomic mass is 32.2. The summed E-state index contributed by atoms with van der Waals surface area (Å²) in [6.07, 6.45) is 0. The molecule has 4 aromatic carbocycles. The molecule has 0 aliphatic rings. The Morgan fingerprint density at radius 3 is 2.02 bits per heavy atom. The summed E-state index contributed by atoms with van der Waals surface area (Å²) in [5.41, 5.74) is 4.22. The van der Waals surface area contributed by atoms with Crippen LogP contribution in [0.4, 0.5) is 11.4 Å². The van der Waals surface area contributed by atoms with Gasteiger partial charge in [0.1, 0.15) is 0 Å². The highest BCUT2D eigenvalue weighted by Gasteiger charge is 2.18. The summed E-state index contributed by atoms with van der Waals surface area (Å²) in [4.78, 5) is 42.6. The van der Waals surface area contributed by atoms with Crippen molar-refractivity contribution in [1.82, 2.24) is 10.3 Å². The molecule has 218 valence electrons. The fourth-order valence-corrected chi connectivity index (χ4v) is 6.86. The second-order valence-corrected chi connectivity index (χ2v) is 13.2. The van der Waals surface area contributed by atoms with Crippen molar-refractivity contribution in [1.29, 1.82) is 0 Å². The number of carbonyl (C=O) groups excluding carboxylic acids is 3. The summed E-state index contributed by atoms with van der Waals surface area (Å²) in [6, 6.07) is 34.4. The van der Waals surface area contributed by atoms with E-state index in [4.69, 9.17) is 0 Å². The number of anilines is 2. The van der Waals surface area contributed by atoms with Crippen LogP contribution in [-0.4, -0.2) is 39.5 Å². The SMILES string of the molecule is C[C@H](SCC(=O)Nc1ccccc1)C(=O)Nc1ccc2nc(SCC(=O)NC(c3ccccc3)c3ccccc3)sc2c1. The average Bonchev–Trinajstić information content (AvgIpc) is 3.45. The number of fused-ring (bicyclic) bond motifs is 1. The predicted molar refractivity (Wildman–Crippen MR) is 179 cm³/mol. The summed E-state index contributed by atoms with van der Waals surface area (Å²) < 4.78 is 1.69. The van der Waals surface area contributed by atoms with Crippen LogP contribution in [-0.2, 0) is 14.4 Å². The van der Waals surface area contributed by atoms with Crippen molar-refractivity contribution < 1.29 is 14.4 Å². The maximum Gasteiger partial charge on any atom is 0.237 e. The van der Waals surface area contributed by atoms with E-state index in [1.807, 2.05) is 109 Å². The molecule has 43 heavy (non-hydrogen) atoms. The standard InChI is InChI=1S/C33H30N4O3S3/c1-22(41-20-29(38)34-25-15-9-4-10-16-25)32(40)35-26-17-18-27-28(19-26)43-33(36-27)42-21-30(39)37-31(23-11-5-2-6-12-23)24-13-7-3-8-14-24/h2-19,22,31H,20-21H2,1H3,(H,34,38)(H,35,40)(H,37,39)/t22-/m0/s1. The normalized spacial score (nSPS) is 11.7. The Labute approximate surface area is 262 Å². The molecule has 5 aromatic rings. The predicted octanol–water partition coefficient (Wildman–Crippen LogP) is 6.99. The van der Waals surface area contributed by atoms with E-state index in [9.17, 15) is 14.4 Å². The van der Waals surface area contributed by atoms with Crippen molar-refractivity contribution in [3.63, 3.8) is 0 Å². The average molecular weight is 627 g/mol. The van der Waals surface area contributed by atoms with Gasteiger partial charge in [0.05, 0.1) is 33.0 Å². The molecule has 7 nitrogen and oxygen atoms in total. The van der Waals surface area contributed by atoms with Gasteiger partial charge in [-0.3, -0.25) is 14.4 Å². The molecule has 3 N–H and O–H groups in total. The Bertz CT molecular complexity index is 1640. The van der Waals surface area contributed by atoms with Crippen LogP contribution in [0, 0.1) is 0 Å². The maximum absolute atomic E-state index is 13.0. The first-order valence-electron chi connectivity index (χ1n) is 13.6. The zero-order chi connectivity index (χ0) is 30.0. The minimum atomic E-state index is -0.418. The van der Waals surface area contributed by atoms with Crippen LogP contribution in [0.1, 0.15) is 24.1 Å². The number of hydrogen-bond acceptors (Lipinski definition) is 7. The van der Waals surface area contributed by atoms with Crippen LogP contribution in [0.3, 0.4) is 0 Å². The van der Waals surface area contributed by atoms with E-state index in [0.29, 0.717) is 5.69 Å². The second-order valence-electron chi connectivity index (χ2n) is 9.63. The molecular formula is C33H30N4O3S3. The van der Waals surface area contributed by atoms with Crippen molar-refractivity contribution >= 4 is 74.2 Å². The van der Waals surface area contributed by atoms with E-state index in [1.165, 1.54) is 34.9 Å². The number of benzene rings is 4. The van der Waals surface area contributed by atoms with Gasteiger partial charge >= 0.3 is 0 Å². The summed E-state index contributed by atoms with van der Waals surface area (Å²) in [5, 5.41) is 8.51. The molecule has 0 spiro atoms. The van der Waals surface area contributed by atoms with Crippen molar-refractivity contribution in [2.45, 2.75) is 22.6 Å². The van der Waals surface area contributed by atoms with Crippen molar-refractivity contribution in [3.8, 4) is 0 Å². The zero-order valence-corrected chi connectivity index (χ0v) is 25.8. The van der Waals surface area contributed by atoms with Gasteiger partial charge in [-0.15, -0.1) is 23.1 Å². The van der Waals surface area contributed by atoms with Gasteiger partial charge in [0.25, 0.3) is 0 Å². The monoisotopic (exact) mass is 626 g/mol. The van der Waals surface area contributed by atoms with Crippen molar-refractivity contribution in [2.24, 2.45) is 0 Å². The summed E-state index contributed by atoms with van der Waals surface area (Å²) in [7, 11) is 0. The van der Waals surface area contributed by atoms with Crippen LogP contribution >= 0.6 is 34.9 Å². The number of amides is 3. The zero-order valence-electron chi connectivity index (χ0n) is 23.4. The molecular weight excluding hydrogens is 597 g/mol. The van der Waals surface area contributed by atoms with E-state index in [-0.39, 0.29) is 35.3 Å². The van der Waals surface area contributed by atoms with E-state index in [1.54, 1.807) is 6.92 Å². The van der Waals surface area contributed by atoms with E-state index >= 15 is 0 Å². The molecule has 3 amide bonds. The molecule has 0 saturated carbocycles. The van der Waals surface area contributed by atoms with Gasteiger partial charge in [-0.25, -0.2) is 4.98 Å². The molecule has 0 aliphatic carbocycles. The molecule has 1 aromatic heterocycles. The van der Waals surface area contributed by atoms with Crippen LogP contribution in [0.5, 0.6) is 0 Å². The largest absolute Gasteiger partial charge is 0.344 e. The third-order valence-electron chi connectivity index (χ3n) is 6.43. The molecule has 0 aliphatic heterocycles. The number of para-hydroxylation sites is 1. The number of hydrogen-bond donors (Lipinski definition) is 3. The Balaban J connectivity index is 1.13. The number of nitrogens with one attached hydrogen (secondary N) is 3. The number of nitrogens with zero attached hydrogens (tertiary/aromatic N) is 1. The van der Waals surface area contributed by atoms with E-state index in [2.05, 4.69) is 20.9 Å². The number of carbonyl (C=O) groups is 3. The lowest BCUT2D eigenvalue weighted by Crippen LogP contribution is -2.30.